The Morgan fingerprint density at radius 3 is 3.10 bits per heavy atom. The molecule has 2 aromatic rings. The minimum Gasteiger partial charge on any atom is -0.311 e. The van der Waals surface area contributed by atoms with E-state index in [1.165, 1.54) is 4.88 Å². The first-order valence-electron chi connectivity index (χ1n) is 6.40. The van der Waals surface area contributed by atoms with Crippen LogP contribution in [0.4, 0.5) is 5.13 Å². The molecule has 3 rings (SSSR count). The highest BCUT2D eigenvalue weighted by molar-refractivity contribution is 9.10. The fourth-order valence-electron chi connectivity index (χ4n) is 2.08. The van der Waals surface area contributed by atoms with Crippen molar-refractivity contribution in [1.82, 2.24) is 10.3 Å². The number of halogens is 1. The van der Waals surface area contributed by atoms with Gasteiger partial charge in [-0.1, -0.05) is 22.0 Å². The summed E-state index contributed by atoms with van der Waals surface area (Å²) in [5.74, 6) is -0.121. The lowest BCUT2D eigenvalue weighted by atomic mass is 10.1. The Kier molecular flexibility index (Phi) is 3.87. The summed E-state index contributed by atoms with van der Waals surface area (Å²) in [6.45, 7) is 3.79. The smallest absolute Gasteiger partial charge is 0.257 e. The molecule has 6 heteroatoms. The molecule has 1 aliphatic rings. The average molecular weight is 352 g/mol. The maximum atomic E-state index is 12.2. The predicted octanol–water partition coefficient (Wildman–Crippen LogP) is 3.11. The second-order valence-corrected chi connectivity index (χ2v) is 6.67. The highest BCUT2D eigenvalue weighted by atomic mass is 79.9. The van der Waals surface area contributed by atoms with Gasteiger partial charge < -0.3 is 5.32 Å². The van der Waals surface area contributed by atoms with Gasteiger partial charge in [0, 0.05) is 34.4 Å². The van der Waals surface area contributed by atoms with Crippen molar-refractivity contribution in [3.63, 3.8) is 0 Å². The summed E-state index contributed by atoms with van der Waals surface area (Å²) in [6, 6.07) is 5.58. The van der Waals surface area contributed by atoms with Crippen LogP contribution in [0, 0.1) is 6.92 Å². The number of amides is 1. The maximum Gasteiger partial charge on any atom is 0.257 e. The summed E-state index contributed by atoms with van der Waals surface area (Å²) in [6.07, 6.45) is 0.928. The Morgan fingerprint density at radius 2 is 2.35 bits per heavy atom. The first-order chi connectivity index (χ1) is 9.63. The molecular formula is C14H14BrN3OS. The molecule has 2 heterocycles. The van der Waals surface area contributed by atoms with E-state index < -0.39 is 0 Å². The van der Waals surface area contributed by atoms with Gasteiger partial charge in [0.05, 0.1) is 5.69 Å². The number of hydrogen-bond acceptors (Lipinski definition) is 4. The Morgan fingerprint density at radius 1 is 1.50 bits per heavy atom. The molecule has 104 valence electrons. The third-order valence-corrected chi connectivity index (χ3v) is 5.12. The van der Waals surface area contributed by atoms with Gasteiger partial charge in [0.2, 0.25) is 0 Å². The van der Waals surface area contributed by atoms with Crippen LogP contribution in [0.15, 0.2) is 22.7 Å². The largest absolute Gasteiger partial charge is 0.311 e. The van der Waals surface area contributed by atoms with Gasteiger partial charge in [0.25, 0.3) is 5.91 Å². The van der Waals surface area contributed by atoms with E-state index in [2.05, 4.69) is 31.5 Å². The van der Waals surface area contributed by atoms with Crippen LogP contribution in [0.25, 0.3) is 0 Å². The second kappa shape index (κ2) is 5.63. The second-order valence-electron chi connectivity index (χ2n) is 4.73. The number of thiazole rings is 1. The third kappa shape index (κ3) is 2.77. The van der Waals surface area contributed by atoms with E-state index in [4.69, 9.17) is 0 Å². The van der Waals surface area contributed by atoms with E-state index in [0.717, 1.165) is 35.2 Å². The molecule has 4 nitrogen and oxygen atoms in total. The first kappa shape index (κ1) is 13.7. The van der Waals surface area contributed by atoms with Gasteiger partial charge in [-0.05, 0) is 24.6 Å². The van der Waals surface area contributed by atoms with Crippen molar-refractivity contribution < 1.29 is 4.79 Å². The molecular weight excluding hydrogens is 338 g/mol. The minimum atomic E-state index is -0.121. The third-order valence-electron chi connectivity index (χ3n) is 3.26. The predicted molar refractivity (Wildman–Crippen MR) is 84.4 cm³/mol. The zero-order valence-corrected chi connectivity index (χ0v) is 13.4. The zero-order valence-electron chi connectivity index (χ0n) is 11.0. The van der Waals surface area contributed by atoms with Crippen molar-refractivity contribution in [3.05, 3.63) is 44.4 Å². The molecule has 0 radical (unpaired) electrons. The molecule has 0 aliphatic carbocycles. The molecule has 1 aliphatic heterocycles. The highest BCUT2D eigenvalue weighted by Gasteiger charge is 2.16. The van der Waals surface area contributed by atoms with E-state index >= 15 is 0 Å². The lowest BCUT2D eigenvalue weighted by Crippen LogP contribution is -2.22. The summed E-state index contributed by atoms with van der Waals surface area (Å²) in [5, 5.41) is 6.87. The van der Waals surface area contributed by atoms with Crippen molar-refractivity contribution in [2.45, 2.75) is 19.9 Å². The highest BCUT2D eigenvalue weighted by Crippen LogP contribution is 2.26. The van der Waals surface area contributed by atoms with Crippen LogP contribution in [-0.4, -0.2) is 17.4 Å². The standard InChI is InChI=1S/C14H14BrN3OS/c1-8-2-3-9(6-10(8)15)13(19)18-14-17-11-4-5-16-7-12(11)20-14/h2-3,6,16H,4-5,7H2,1H3,(H,17,18,19). The molecule has 1 aromatic heterocycles. The number of fused-ring (bicyclic) bond motifs is 1. The topological polar surface area (TPSA) is 54.0 Å². The summed E-state index contributed by atoms with van der Waals surface area (Å²) in [5.41, 5.74) is 2.85. The number of carbonyl (C=O) groups is 1. The first-order valence-corrected chi connectivity index (χ1v) is 8.01. The summed E-state index contributed by atoms with van der Waals surface area (Å²) in [7, 11) is 0. The average Bonchev–Trinajstić information content (AvgIpc) is 2.83. The number of nitrogens with zero attached hydrogens (tertiary/aromatic N) is 1. The molecule has 20 heavy (non-hydrogen) atoms. The van der Waals surface area contributed by atoms with Crippen LogP contribution >= 0.6 is 27.3 Å². The van der Waals surface area contributed by atoms with E-state index in [-0.39, 0.29) is 5.91 Å². The van der Waals surface area contributed by atoms with Crippen molar-refractivity contribution in [3.8, 4) is 0 Å². The van der Waals surface area contributed by atoms with Gasteiger partial charge in [-0.2, -0.15) is 0 Å². The molecule has 2 N–H and O–H groups in total. The van der Waals surface area contributed by atoms with Crippen LogP contribution in [-0.2, 0) is 13.0 Å². The number of carbonyl (C=O) groups excluding carboxylic acids is 1. The van der Waals surface area contributed by atoms with Crippen molar-refractivity contribution in [1.29, 1.82) is 0 Å². The van der Waals surface area contributed by atoms with Crippen LogP contribution in [0.1, 0.15) is 26.5 Å². The summed E-state index contributed by atoms with van der Waals surface area (Å²) < 4.78 is 0.938. The van der Waals surface area contributed by atoms with Crippen LogP contribution in [0.5, 0.6) is 0 Å². The molecule has 0 spiro atoms. The lowest BCUT2D eigenvalue weighted by molar-refractivity contribution is 0.102. The normalized spacial score (nSPS) is 13.9. The Hall–Kier alpha value is -1.24. The molecule has 1 aromatic carbocycles. The number of rotatable bonds is 2. The van der Waals surface area contributed by atoms with E-state index in [9.17, 15) is 4.79 Å². The lowest BCUT2D eigenvalue weighted by Gasteiger charge is -2.09. The SMILES string of the molecule is Cc1ccc(C(=O)Nc2nc3c(s2)CNCC3)cc1Br. The van der Waals surface area contributed by atoms with Crippen molar-refractivity contribution in [2.24, 2.45) is 0 Å². The van der Waals surface area contributed by atoms with E-state index in [1.807, 2.05) is 25.1 Å². The number of anilines is 1. The van der Waals surface area contributed by atoms with Gasteiger partial charge in [-0.25, -0.2) is 4.98 Å². The quantitative estimate of drug-likeness (QED) is 0.873. The van der Waals surface area contributed by atoms with Crippen molar-refractivity contribution >= 4 is 38.3 Å². The van der Waals surface area contributed by atoms with Crippen LogP contribution in [0.3, 0.4) is 0 Å². The van der Waals surface area contributed by atoms with Gasteiger partial charge in [-0.15, -0.1) is 11.3 Å². The van der Waals surface area contributed by atoms with Gasteiger partial charge in [-0.3, -0.25) is 10.1 Å². The molecule has 0 fully saturated rings. The Labute approximate surface area is 129 Å². The fraction of sp³-hybridized carbons (Fsp3) is 0.286. The Bertz CT molecular complexity index is 645. The number of nitrogens with one attached hydrogen (secondary N) is 2. The van der Waals surface area contributed by atoms with Gasteiger partial charge in [0.15, 0.2) is 5.13 Å². The Balaban J connectivity index is 1.78. The number of aromatic nitrogens is 1. The minimum absolute atomic E-state index is 0.121. The van der Waals surface area contributed by atoms with Crippen LogP contribution < -0.4 is 10.6 Å². The van der Waals surface area contributed by atoms with Gasteiger partial charge >= 0.3 is 0 Å². The molecule has 0 saturated carbocycles. The molecule has 1 amide bonds. The number of aryl methyl sites for hydroxylation is 1. The molecule has 0 atom stereocenters. The van der Waals surface area contributed by atoms with Gasteiger partial charge in [0.1, 0.15) is 0 Å². The summed E-state index contributed by atoms with van der Waals surface area (Å²) in [4.78, 5) is 17.9. The number of hydrogen-bond donors (Lipinski definition) is 2. The fourth-order valence-corrected chi connectivity index (χ4v) is 3.43. The molecule has 0 saturated heterocycles. The van der Waals surface area contributed by atoms with E-state index in [0.29, 0.717) is 10.7 Å². The maximum absolute atomic E-state index is 12.2. The van der Waals surface area contributed by atoms with E-state index in [1.54, 1.807) is 11.3 Å². The van der Waals surface area contributed by atoms with Crippen molar-refractivity contribution in [2.75, 3.05) is 11.9 Å². The van der Waals surface area contributed by atoms with Crippen LogP contribution in [0.2, 0.25) is 0 Å². The monoisotopic (exact) mass is 351 g/mol. The molecule has 0 bridgehead atoms. The summed E-state index contributed by atoms with van der Waals surface area (Å²) >= 11 is 4.99. The number of benzene rings is 1. The zero-order chi connectivity index (χ0) is 14.1. The molecule has 0 unspecified atom stereocenters.